The van der Waals surface area contributed by atoms with Crippen molar-refractivity contribution in [1.29, 1.82) is 0 Å². The molecule has 6 heteroatoms. The fourth-order valence-corrected chi connectivity index (χ4v) is 2.87. The molecular formula is C15H15NO4S. The van der Waals surface area contributed by atoms with E-state index in [-0.39, 0.29) is 17.3 Å². The van der Waals surface area contributed by atoms with E-state index in [1.54, 1.807) is 24.3 Å². The number of carbonyl (C=O) groups excluding carboxylic acids is 1. The smallest absolute Gasteiger partial charge is 0.261 e. The van der Waals surface area contributed by atoms with Crippen molar-refractivity contribution >= 4 is 21.5 Å². The first-order valence-electron chi connectivity index (χ1n) is 6.26. The molecule has 0 atom stereocenters. The molecule has 0 saturated carbocycles. The van der Waals surface area contributed by atoms with E-state index < -0.39 is 10.0 Å². The molecule has 0 spiro atoms. The number of hydrogen-bond donors (Lipinski definition) is 2. The molecule has 2 aromatic rings. The molecule has 2 N–H and O–H groups in total. The van der Waals surface area contributed by atoms with Crippen LogP contribution < -0.4 is 4.72 Å². The van der Waals surface area contributed by atoms with Crippen molar-refractivity contribution in [2.45, 2.75) is 18.4 Å². The molecule has 0 bridgehead atoms. The fraction of sp³-hybridized carbons (Fsp3) is 0.133. The van der Waals surface area contributed by atoms with E-state index in [2.05, 4.69) is 4.72 Å². The summed E-state index contributed by atoms with van der Waals surface area (Å²) in [6.45, 7) is 1.25. The molecular weight excluding hydrogens is 290 g/mol. The Morgan fingerprint density at radius 2 is 1.81 bits per heavy atom. The number of anilines is 1. The van der Waals surface area contributed by atoms with Gasteiger partial charge in [0.25, 0.3) is 10.0 Å². The standard InChI is InChI=1S/C15H15NO4S/c1-11(18)13-5-7-15(8-6-13)21(19,20)16-14-4-2-3-12(9-14)10-17/h2-9,16-17H,10H2,1H3. The zero-order valence-electron chi connectivity index (χ0n) is 11.4. The summed E-state index contributed by atoms with van der Waals surface area (Å²) in [6.07, 6.45) is 0. The van der Waals surface area contributed by atoms with Gasteiger partial charge in [-0.25, -0.2) is 8.42 Å². The van der Waals surface area contributed by atoms with Gasteiger partial charge in [0.05, 0.1) is 11.5 Å². The second-order valence-corrected chi connectivity index (χ2v) is 6.23. The van der Waals surface area contributed by atoms with E-state index in [0.717, 1.165) is 0 Å². The van der Waals surface area contributed by atoms with E-state index in [9.17, 15) is 13.2 Å². The van der Waals surface area contributed by atoms with Crippen molar-refractivity contribution in [2.75, 3.05) is 4.72 Å². The van der Waals surface area contributed by atoms with Crippen LogP contribution in [0, 0.1) is 0 Å². The molecule has 0 aliphatic rings. The first-order chi connectivity index (χ1) is 9.92. The summed E-state index contributed by atoms with van der Waals surface area (Å²) in [5.41, 5.74) is 1.44. The van der Waals surface area contributed by atoms with Gasteiger partial charge in [0.15, 0.2) is 5.78 Å². The SMILES string of the molecule is CC(=O)c1ccc(S(=O)(=O)Nc2cccc(CO)c2)cc1. The number of rotatable bonds is 5. The van der Waals surface area contributed by atoms with Crippen LogP contribution in [0.2, 0.25) is 0 Å². The molecule has 0 radical (unpaired) electrons. The molecule has 5 nitrogen and oxygen atoms in total. The van der Waals surface area contributed by atoms with Crippen LogP contribution >= 0.6 is 0 Å². The first-order valence-corrected chi connectivity index (χ1v) is 7.74. The molecule has 110 valence electrons. The molecule has 2 aromatic carbocycles. The zero-order valence-corrected chi connectivity index (χ0v) is 12.2. The summed E-state index contributed by atoms with van der Waals surface area (Å²) in [7, 11) is -3.72. The maximum absolute atomic E-state index is 12.2. The van der Waals surface area contributed by atoms with Gasteiger partial charge in [-0.15, -0.1) is 0 Å². The zero-order chi connectivity index (χ0) is 15.5. The third-order valence-corrected chi connectivity index (χ3v) is 4.33. The minimum Gasteiger partial charge on any atom is -0.392 e. The number of hydrogen-bond acceptors (Lipinski definition) is 4. The van der Waals surface area contributed by atoms with Crippen LogP contribution in [0.1, 0.15) is 22.8 Å². The molecule has 0 fully saturated rings. The number of sulfonamides is 1. The van der Waals surface area contributed by atoms with Crippen LogP contribution in [0.15, 0.2) is 53.4 Å². The van der Waals surface area contributed by atoms with Crippen LogP contribution in [0.4, 0.5) is 5.69 Å². The molecule has 21 heavy (non-hydrogen) atoms. The molecule has 0 aliphatic carbocycles. The van der Waals surface area contributed by atoms with Crippen LogP contribution in [0.25, 0.3) is 0 Å². The summed E-state index contributed by atoms with van der Waals surface area (Å²) in [5.74, 6) is -0.123. The number of aliphatic hydroxyl groups excluding tert-OH is 1. The monoisotopic (exact) mass is 305 g/mol. The molecule has 0 unspecified atom stereocenters. The van der Waals surface area contributed by atoms with Crippen molar-refractivity contribution in [3.63, 3.8) is 0 Å². The number of ketones is 1. The minimum absolute atomic E-state index is 0.0712. The lowest BCUT2D eigenvalue weighted by Gasteiger charge is -2.09. The largest absolute Gasteiger partial charge is 0.392 e. The normalized spacial score (nSPS) is 11.1. The number of Topliss-reactive ketones (excluding diaryl/α,β-unsaturated/α-hetero) is 1. The lowest BCUT2D eigenvalue weighted by molar-refractivity contribution is 0.101. The van der Waals surface area contributed by atoms with Gasteiger partial charge in [-0.05, 0) is 36.8 Å². The molecule has 0 saturated heterocycles. The lowest BCUT2D eigenvalue weighted by atomic mass is 10.2. The van der Waals surface area contributed by atoms with E-state index in [0.29, 0.717) is 16.8 Å². The highest BCUT2D eigenvalue weighted by Crippen LogP contribution is 2.18. The second-order valence-electron chi connectivity index (χ2n) is 4.54. The third-order valence-electron chi connectivity index (χ3n) is 2.93. The Morgan fingerprint density at radius 3 is 2.38 bits per heavy atom. The van der Waals surface area contributed by atoms with Gasteiger partial charge in [0.2, 0.25) is 0 Å². The Hall–Kier alpha value is -2.18. The highest BCUT2D eigenvalue weighted by Gasteiger charge is 2.14. The Morgan fingerprint density at radius 1 is 1.14 bits per heavy atom. The molecule has 0 aromatic heterocycles. The van der Waals surface area contributed by atoms with Crippen LogP contribution in [-0.2, 0) is 16.6 Å². The highest BCUT2D eigenvalue weighted by atomic mass is 32.2. The Labute approximate surface area is 123 Å². The van der Waals surface area contributed by atoms with Crippen LogP contribution in [0.3, 0.4) is 0 Å². The Bertz CT molecular complexity index is 751. The summed E-state index contributed by atoms with van der Waals surface area (Å²) in [4.78, 5) is 11.3. The van der Waals surface area contributed by atoms with Gasteiger partial charge < -0.3 is 5.11 Å². The lowest BCUT2D eigenvalue weighted by Crippen LogP contribution is -2.13. The Kier molecular flexibility index (Phi) is 4.40. The predicted molar refractivity (Wildman–Crippen MR) is 79.6 cm³/mol. The molecule has 0 aliphatic heterocycles. The van der Waals surface area contributed by atoms with Gasteiger partial charge in [-0.1, -0.05) is 24.3 Å². The number of carbonyl (C=O) groups is 1. The van der Waals surface area contributed by atoms with E-state index in [1.807, 2.05) is 0 Å². The Balaban J connectivity index is 2.27. The maximum Gasteiger partial charge on any atom is 0.261 e. The number of aliphatic hydroxyl groups is 1. The van der Waals surface area contributed by atoms with E-state index in [4.69, 9.17) is 5.11 Å². The third kappa shape index (κ3) is 3.68. The molecule has 0 heterocycles. The van der Waals surface area contributed by atoms with Gasteiger partial charge in [0.1, 0.15) is 0 Å². The van der Waals surface area contributed by atoms with Crippen molar-refractivity contribution in [3.05, 3.63) is 59.7 Å². The number of benzene rings is 2. The summed E-state index contributed by atoms with van der Waals surface area (Å²) in [5, 5.41) is 9.05. The van der Waals surface area contributed by atoms with Crippen molar-refractivity contribution in [3.8, 4) is 0 Å². The fourth-order valence-electron chi connectivity index (χ4n) is 1.82. The predicted octanol–water partition coefficient (Wildman–Crippen LogP) is 2.18. The maximum atomic E-state index is 12.2. The quantitative estimate of drug-likeness (QED) is 0.829. The first kappa shape index (κ1) is 15.2. The van der Waals surface area contributed by atoms with Gasteiger partial charge in [0, 0.05) is 11.3 Å². The topological polar surface area (TPSA) is 83.5 Å². The van der Waals surface area contributed by atoms with Gasteiger partial charge in [-0.3, -0.25) is 9.52 Å². The average Bonchev–Trinajstić information content (AvgIpc) is 2.47. The summed E-state index contributed by atoms with van der Waals surface area (Å²) >= 11 is 0. The second kappa shape index (κ2) is 6.07. The molecule has 0 amide bonds. The summed E-state index contributed by atoms with van der Waals surface area (Å²) in [6, 6.07) is 12.2. The average molecular weight is 305 g/mol. The highest BCUT2D eigenvalue weighted by molar-refractivity contribution is 7.92. The molecule has 2 rings (SSSR count). The van der Waals surface area contributed by atoms with Gasteiger partial charge >= 0.3 is 0 Å². The van der Waals surface area contributed by atoms with Gasteiger partial charge in [-0.2, -0.15) is 0 Å². The van der Waals surface area contributed by atoms with Crippen molar-refractivity contribution < 1.29 is 18.3 Å². The number of nitrogens with one attached hydrogen (secondary N) is 1. The minimum atomic E-state index is -3.72. The van der Waals surface area contributed by atoms with E-state index >= 15 is 0 Å². The van der Waals surface area contributed by atoms with Crippen molar-refractivity contribution in [2.24, 2.45) is 0 Å². The van der Waals surface area contributed by atoms with E-state index in [1.165, 1.54) is 31.2 Å². The summed E-state index contributed by atoms with van der Waals surface area (Å²) < 4.78 is 26.9. The van der Waals surface area contributed by atoms with Crippen molar-refractivity contribution in [1.82, 2.24) is 0 Å². The van der Waals surface area contributed by atoms with Crippen LogP contribution in [0.5, 0.6) is 0 Å². The van der Waals surface area contributed by atoms with Crippen LogP contribution in [-0.4, -0.2) is 19.3 Å².